The number of aliphatic imine (C=N–C) groups is 1. The first-order valence-corrected chi connectivity index (χ1v) is 12.3. The molecule has 14 heteroatoms. The van der Waals surface area contributed by atoms with Crippen LogP contribution in [-0.4, -0.2) is 52.5 Å². The highest BCUT2D eigenvalue weighted by Gasteiger charge is 2.87. The number of rotatable bonds is 7. The molecule has 0 unspecified atom stereocenters. The quantitative estimate of drug-likeness (QED) is 0.334. The van der Waals surface area contributed by atoms with Crippen LogP contribution < -0.4 is 10.5 Å². The van der Waals surface area contributed by atoms with Crippen LogP contribution in [0.15, 0.2) is 52.7 Å². The molecular formula is C24H20F3N7O3S. The van der Waals surface area contributed by atoms with Crippen LogP contribution >= 0.6 is 11.8 Å². The molecule has 3 atom stereocenters. The average Bonchev–Trinajstić information content (AvgIpc) is 3.19. The van der Waals surface area contributed by atoms with E-state index in [2.05, 4.69) is 29.9 Å². The van der Waals surface area contributed by atoms with E-state index in [0.717, 1.165) is 0 Å². The standard InChI is InChI=1S/C24H20F3N7O3S/c1-22(20-23(10-35,24(20,26)27)38-21(28)34-22)14-4-12(7-31-19(14)25)5-15-18-16(33-11-32-15)6-13(8-30-18)37-9-17-29-2-3-36-17/h2-4,6-8,11,20,35H,5,9-10H2,1H3,(H2,28,34)/t20-,22+,23+/m0/s1. The van der Waals surface area contributed by atoms with Crippen molar-refractivity contribution in [3.63, 3.8) is 0 Å². The fourth-order valence-electron chi connectivity index (χ4n) is 5.11. The minimum atomic E-state index is -3.30. The van der Waals surface area contributed by atoms with E-state index >= 15 is 4.39 Å². The summed E-state index contributed by atoms with van der Waals surface area (Å²) in [5.41, 5.74) is 6.01. The molecule has 3 N–H and O–H groups in total. The molecule has 5 heterocycles. The van der Waals surface area contributed by atoms with Gasteiger partial charge in [-0.1, -0.05) is 11.8 Å². The zero-order chi connectivity index (χ0) is 26.7. The summed E-state index contributed by atoms with van der Waals surface area (Å²) in [6.07, 6.45) is 7.30. The largest absolute Gasteiger partial charge is 0.482 e. The Labute approximate surface area is 217 Å². The third-order valence-electron chi connectivity index (χ3n) is 6.92. The van der Waals surface area contributed by atoms with Crippen molar-refractivity contribution in [1.29, 1.82) is 0 Å². The summed E-state index contributed by atoms with van der Waals surface area (Å²) in [6.45, 7) is 0.684. The first kappa shape index (κ1) is 24.6. The fourth-order valence-corrected chi connectivity index (χ4v) is 6.47. The number of aromatic nitrogens is 5. The Morgan fingerprint density at radius 1 is 1.16 bits per heavy atom. The highest BCUT2D eigenvalue weighted by molar-refractivity contribution is 8.15. The van der Waals surface area contributed by atoms with E-state index in [0.29, 0.717) is 45.7 Å². The zero-order valence-corrected chi connectivity index (χ0v) is 20.6. The molecule has 1 aliphatic carbocycles. The molecule has 196 valence electrons. The second kappa shape index (κ2) is 8.63. The molecule has 2 aliphatic rings. The van der Waals surface area contributed by atoms with Crippen LogP contribution in [0.3, 0.4) is 0 Å². The molecule has 10 nitrogen and oxygen atoms in total. The van der Waals surface area contributed by atoms with Crippen LogP contribution in [-0.2, 0) is 18.6 Å². The van der Waals surface area contributed by atoms with Crippen molar-refractivity contribution >= 4 is 28.0 Å². The molecule has 0 aromatic carbocycles. The number of fused-ring (bicyclic) bond motifs is 2. The van der Waals surface area contributed by atoms with Gasteiger partial charge in [-0.2, -0.15) is 4.39 Å². The van der Waals surface area contributed by atoms with Crippen molar-refractivity contribution in [2.45, 2.75) is 36.2 Å². The zero-order valence-electron chi connectivity index (χ0n) is 19.8. The Hall–Kier alpha value is -3.78. The molecule has 6 rings (SSSR count). The van der Waals surface area contributed by atoms with E-state index in [1.807, 2.05) is 0 Å². The molecule has 0 spiro atoms. The number of nitrogens with zero attached hydrogens (tertiary/aromatic N) is 6. The molecule has 0 saturated heterocycles. The van der Waals surface area contributed by atoms with Gasteiger partial charge in [0.15, 0.2) is 11.8 Å². The fraction of sp³-hybridized carbons (Fsp3) is 0.333. The number of thioether (sulfide) groups is 1. The molecule has 1 saturated carbocycles. The number of hydrogen-bond acceptors (Lipinski definition) is 11. The van der Waals surface area contributed by atoms with Gasteiger partial charge in [0.05, 0.1) is 36.1 Å². The van der Waals surface area contributed by atoms with Crippen molar-refractivity contribution in [2.24, 2.45) is 16.6 Å². The van der Waals surface area contributed by atoms with E-state index in [9.17, 15) is 13.9 Å². The minimum absolute atomic E-state index is 0.115. The number of pyridine rings is 2. The molecular weight excluding hydrogens is 523 g/mol. The number of aliphatic hydroxyl groups excluding tert-OH is 1. The second-order valence-corrected chi connectivity index (χ2v) is 10.6. The monoisotopic (exact) mass is 543 g/mol. The number of ether oxygens (including phenoxy) is 1. The summed E-state index contributed by atoms with van der Waals surface area (Å²) >= 11 is 0.625. The topological polar surface area (TPSA) is 145 Å². The Kier molecular flexibility index (Phi) is 5.57. The predicted octanol–water partition coefficient (Wildman–Crippen LogP) is 2.99. The van der Waals surface area contributed by atoms with Crippen molar-refractivity contribution in [1.82, 2.24) is 24.9 Å². The number of amidine groups is 1. The lowest BCUT2D eigenvalue weighted by molar-refractivity contribution is 0.0684. The SMILES string of the molecule is C[C@]1(c2cc(Cc3ncnc4cc(OCc5ncco5)cnc34)cnc2F)N=C(N)S[C@]2(CO)[C@H]1C2(F)F. The molecule has 38 heavy (non-hydrogen) atoms. The third kappa shape index (κ3) is 3.69. The van der Waals surface area contributed by atoms with Gasteiger partial charge in [-0.15, -0.1) is 0 Å². The van der Waals surface area contributed by atoms with Crippen molar-refractivity contribution in [2.75, 3.05) is 6.61 Å². The molecule has 1 fully saturated rings. The number of nitrogens with two attached hydrogens (primary N) is 1. The van der Waals surface area contributed by atoms with Gasteiger partial charge in [0.1, 0.15) is 34.1 Å². The number of oxazole rings is 1. The maximum absolute atomic E-state index is 15.0. The Bertz CT molecular complexity index is 1570. The van der Waals surface area contributed by atoms with E-state index in [1.54, 1.807) is 6.07 Å². The number of alkyl halides is 2. The Morgan fingerprint density at radius 2 is 2.00 bits per heavy atom. The summed E-state index contributed by atoms with van der Waals surface area (Å²) in [6, 6.07) is 3.13. The molecule has 4 aromatic rings. The molecule has 4 aromatic heterocycles. The number of aliphatic hydroxyl groups is 1. The van der Waals surface area contributed by atoms with Gasteiger partial charge < -0.3 is 20.0 Å². The summed E-state index contributed by atoms with van der Waals surface area (Å²) in [4.78, 5) is 25.0. The Morgan fingerprint density at radius 3 is 2.76 bits per heavy atom. The minimum Gasteiger partial charge on any atom is -0.482 e. The lowest BCUT2D eigenvalue weighted by Gasteiger charge is -2.31. The first-order valence-electron chi connectivity index (χ1n) is 11.5. The van der Waals surface area contributed by atoms with Gasteiger partial charge in [0.2, 0.25) is 11.8 Å². The normalized spacial score (nSPS) is 25.6. The van der Waals surface area contributed by atoms with Gasteiger partial charge >= 0.3 is 0 Å². The lowest BCUT2D eigenvalue weighted by atomic mass is 9.85. The van der Waals surface area contributed by atoms with E-state index in [4.69, 9.17) is 14.9 Å². The lowest BCUT2D eigenvalue weighted by Crippen LogP contribution is -2.37. The third-order valence-corrected chi connectivity index (χ3v) is 8.22. The van der Waals surface area contributed by atoms with Gasteiger partial charge in [-0.05, 0) is 18.6 Å². The van der Waals surface area contributed by atoms with Crippen LogP contribution in [0.5, 0.6) is 5.75 Å². The summed E-state index contributed by atoms with van der Waals surface area (Å²) in [5, 5.41) is 9.64. The number of hydrogen-bond donors (Lipinski definition) is 2. The summed E-state index contributed by atoms with van der Waals surface area (Å²) in [7, 11) is 0. The van der Waals surface area contributed by atoms with E-state index in [1.165, 1.54) is 44.2 Å². The average molecular weight is 544 g/mol. The first-order chi connectivity index (χ1) is 18.2. The van der Waals surface area contributed by atoms with Crippen molar-refractivity contribution in [3.8, 4) is 5.75 Å². The van der Waals surface area contributed by atoms with E-state index in [-0.39, 0.29) is 23.8 Å². The van der Waals surface area contributed by atoms with Crippen LogP contribution in [0, 0.1) is 11.9 Å². The maximum Gasteiger partial charge on any atom is 0.272 e. The van der Waals surface area contributed by atoms with Crippen LogP contribution in [0.4, 0.5) is 13.2 Å². The highest BCUT2D eigenvalue weighted by Crippen LogP contribution is 2.74. The van der Waals surface area contributed by atoms with Crippen molar-refractivity contribution < 1.29 is 27.4 Å². The summed E-state index contributed by atoms with van der Waals surface area (Å²) in [5.74, 6) is -4.83. The Balaban J connectivity index is 1.31. The van der Waals surface area contributed by atoms with Crippen LogP contribution in [0.25, 0.3) is 11.0 Å². The van der Waals surface area contributed by atoms with Crippen molar-refractivity contribution in [3.05, 3.63) is 72.0 Å². The van der Waals surface area contributed by atoms with Gasteiger partial charge in [0.25, 0.3) is 5.92 Å². The van der Waals surface area contributed by atoms with E-state index < -0.39 is 34.7 Å². The molecule has 0 radical (unpaired) electrons. The summed E-state index contributed by atoms with van der Waals surface area (Å²) < 4.78 is 53.8. The van der Waals surface area contributed by atoms with Gasteiger partial charge in [-0.25, -0.2) is 33.7 Å². The maximum atomic E-state index is 15.0. The van der Waals surface area contributed by atoms with Gasteiger partial charge in [0, 0.05) is 24.2 Å². The number of halogens is 3. The van der Waals surface area contributed by atoms with Gasteiger partial charge in [-0.3, -0.25) is 4.99 Å². The molecule has 1 aliphatic heterocycles. The predicted molar refractivity (Wildman–Crippen MR) is 130 cm³/mol. The smallest absolute Gasteiger partial charge is 0.272 e. The molecule has 0 amide bonds. The van der Waals surface area contributed by atoms with Crippen LogP contribution in [0.1, 0.15) is 29.6 Å². The van der Waals surface area contributed by atoms with Crippen LogP contribution in [0.2, 0.25) is 0 Å². The highest BCUT2D eigenvalue weighted by atomic mass is 32.2. The molecule has 0 bridgehead atoms. The second-order valence-electron chi connectivity index (χ2n) is 9.24.